The Labute approximate surface area is 106 Å². The summed E-state index contributed by atoms with van der Waals surface area (Å²) in [5, 5.41) is 9.24. The molecule has 92 valence electrons. The van der Waals surface area contributed by atoms with Gasteiger partial charge >= 0.3 is 5.97 Å². The van der Waals surface area contributed by atoms with E-state index in [0.717, 1.165) is 6.42 Å². The lowest BCUT2D eigenvalue weighted by Crippen LogP contribution is -2.42. The highest BCUT2D eigenvalue weighted by Crippen LogP contribution is 2.45. The quantitative estimate of drug-likeness (QED) is 0.920. The van der Waals surface area contributed by atoms with Gasteiger partial charge in [0.15, 0.2) is 0 Å². The first-order valence-electron chi connectivity index (χ1n) is 5.29. The van der Waals surface area contributed by atoms with Crippen LogP contribution < -0.4 is 0 Å². The van der Waals surface area contributed by atoms with Crippen LogP contribution in [0.25, 0.3) is 0 Å². The summed E-state index contributed by atoms with van der Waals surface area (Å²) in [6.07, 6.45) is -0.549. The van der Waals surface area contributed by atoms with E-state index in [1.165, 1.54) is 18.2 Å². The highest BCUT2D eigenvalue weighted by atomic mass is 79.9. The first-order chi connectivity index (χ1) is 7.97. The van der Waals surface area contributed by atoms with E-state index in [-0.39, 0.29) is 10.0 Å². The SMILES string of the molecule is O=C(O)C1(c2ccc(C(F)F)c(Br)c2)CCC1. The number of halogens is 3. The molecule has 2 rings (SSSR count). The molecular formula is C12H11BrF2O2. The van der Waals surface area contributed by atoms with Gasteiger partial charge in [0.2, 0.25) is 0 Å². The van der Waals surface area contributed by atoms with Crippen LogP contribution in [-0.2, 0) is 10.2 Å². The van der Waals surface area contributed by atoms with Gasteiger partial charge in [-0.1, -0.05) is 34.5 Å². The van der Waals surface area contributed by atoms with Gasteiger partial charge in [0.25, 0.3) is 6.43 Å². The minimum Gasteiger partial charge on any atom is -0.481 e. The molecule has 0 atom stereocenters. The summed E-state index contributed by atoms with van der Waals surface area (Å²) in [4.78, 5) is 11.3. The topological polar surface area (TPSA) is 37.3 Å². The van der Waals surface area contributed by atoms with E-state index in [4.69, 9.17) is 0 Å². The number of rotatable bonds is 3. The van der Waals surface area contributed by atoms with Crippen molar-refractivity contribution >= 4 is 21.9 Å². The molecule has 0 bridgehead atoms. The van der Waals surface area contributed by atoms with Gasteiger partial charge < -0.3 is 5.11 Å². The molecule has 1 aromatic rings. The van der Waals surface area contributed by atoms with Crippen LogP contribution >= 0.6 is 15.9 Å². The lowest BCUT2D eigenvalue weighted by Gasteiger charge is -2.38. The van der Waals surface area contributed by atoms with Crippen LogP contribution in [0.1, 0.15) is 36.8 Å². The zero-order chi connectivity index (χ0) is 12.6. The molecule has 17 heavy (non-hydrogen) atoms. The molecule has 0 aromatic heterocycles. The number of aliphatic carboxylic acids is 1. The Kier molecular flexibility index (Phi) is 3.21. The summed E-state index contributed by atoms with van der Waals surface area (Å²) in [6, 6.07) is 4.31. The van der Waals surface area contributed by atoms with Gasteiger partial charge in [-0.05, 0) is 24.5 Å². The van der Waals surface area contributed by atoms with Crippen LogP contribution in [0.4, 0.5) is 8.78 Å². The lowest BCUT2D eigenvalue weighted by atomic mass is 9.64. The molecule has 1 fully saturated rings. The van der Waals surface area contributed by atoms with E-state index in [2.05, 4.69) is 15.9 Å². The summed E-state index contributed by atoms with van der Waals surface area (Å²) < 4.78 is 25.4. The largest absolute Gasteiger partial charge is 0.481 e. The molecule has 1 N–H and O–H groups in total. The fourth-order valence-corrected chi connectivity index (χ4v) is 2.71. The minimum absolute atomic E-state index is 0.103. The van der Waals surface area contributed by atoms with Gasteiger partial charge in [-0.15, -0.1) is 0 Å². The fraction of sp³-hybridized carbons (Fsp3) is 0.417. The van der Waals surface area contributed by atoms with Gasteiger partial charge in [-0.2, -0.15) is 0 Å². The lowest BCUT2D eigenvalue weighted by molar-refractivity contribution is -0.147. The molecule has 0 spiro atoms. The second-order valence-electron chi connectivity index (χ2n) is 4.28. The molecule has 0 amide bonds. The number of carboxylic acid groups (broad SMARTS) is 1. The van der Waals surface area contributed by atoms with Crippen molar-refractivity contribution in [3.8, 4) is 0 Å². The van der Waals surface area contributed by atoms with Crippen molar-refractivity contribution in [2.24, 2.45) is 0 Å². The Morgan fingerprint density at radius 1 is 1.41 bits per heavy atom. The Morgan fingerprint density at radius 3 is 2.41 bits per heavy atom. The molecule has 2 nitrogen and oxygen atoms in total. The molecule has 1 aliphatic rings. The van der Waals surface area contributed by atoms with Crippen LogP contribution in [0.3, 0.4) is 0 Å². The van der Waals surface area contributed by atoms with Crippen LogP contribution in [0.2, 0.25) is 0 Å². The molecule has 1 aromatic carbocycles. The van der Waals surface area contributed by atoms with Crippen molar-refractivity contribution in [3.05, 3.63) is 33.8 Å². The molecule has 0 unspecified atom stereocenters. The molecular weight excluding hydrogens is 294 g/mol. The highest BCUT2D eigenvalue weighted by Gasteiger charge is 2.46. The Bertz CT molecular complexity index is 456. The van der Waals surface area contributed by atoms with Gasteiger partial charge in [0.05, 0.1) is 5.41 Å². The number of carboxylic acids is 1. The molecule has 1 aliphatic carbocycles. The van der Waals surface area contributed by atoms with Crippen LogP contribution in [-0.4, -0.2) is 11.1 Å². The van der Waals surface area contributed by atoms with Gasteiger partial charge in [0.1, 0.15) is 0 Å². The third-order valence-corrected chi connectivity index (χ3v) is 4.09. The Hall–Kier alpha value is -0.970. The summed E-state index contributed by atoms with van der Waals surface area (Å²) in [5.41, 5.74) is -0.371. The first-order valence-corrected chi connectivity index (χ1v) is 6.08. The standard InChI is InChI=1S/C12H11BrF2O2/c13-9-6-7(2-3-8(9)10(14)15)12(11(16)17)4-1-5-12/h2-3,6,10H,1,4-5H2,(H,16,17). The average Bonchev–Trinajstić information content (AvgIpc) is 2.14. The van der Waals surface area contributed by atoms with E-state index in [9.17, 15) is 18.7 Å². The van der Waals surface area contributed by atoms with Crippen molar-refractivity contribution in [1.82, 2.24) is 0 Å². The summed E-state index contributed by atoms with van der Waals surface area (Å²) in [5.74, 6) is -0.875. The van der Waals surface area contributed by atoms with Gasteiger partial charge in [0, 0.05) is 10.0 Å². The normalized spacial score (nSPS) is 17.9. The Morgan fingerprint density at radius 2 is 2.06 bits per heavy atom. The summed E-state index contributed by atoms with van der Waals surface area (Å²) in [7, 11) is 0. The maximum Gasteiger partial charge on any atom is 0.314 e. The van der Waals surface area contributed by atoms with E-state index >= 15 is 0 Å². The van der Waals surface area contributed by atoms with Crippen molar-refractivity contribution < 1.29 is 18.7 Å². The molecule has 1 saturated carbocycles. The Balaban J connectivity index is 2.41. The van der Waals surface area contributed by atoms with Crippen LogP contribution in [0.15, 0.2) is 22.7 Å². The average molecular weight is 305 g/mol. The number of hydrogen-bond donors (Lipinski definition) is 1. The number of carbonyl (C=O) groups is 1. The number of alkyl halides is 2. The molecule has 0 saturated heterocycles. The van der Waals surface area contributed by atoms with Crippen molar-refractivity contribution in [1.29, 1.82) is 0 Å². The van der Waals surface area contributed by atoms with Crippen molar-refractivity contribution in [2.75, 3.05) is 0 Å². The second-order valence-corrected chi connectivity index (χ2v) is 5.13. The molecule has 5 heteroatoms. The van der Waals surface area contributed by atoms with E-state index in [1.807, 2.05) is 0 Å². The first kappa shape index (κ1) is 12.5. The van der Waals surface area contributed by atoms with Gasteiger partial charge in [-0.3, -0.25) is 4.79 Å². The zero-order valence-corrected chi connectivity index (χ0v) is 10.5. The van der Waals surface area contributed by atoms with Crippen molar-refractivity contribution in [3.63, 3.8) is 0 Å². The summed E-state index contributed by atoms with van der Waals surface area (Å²) >= 11 is 3.07. The zero-order valence-electron chi connectivity index (χ0n) is 8.92. The van der Waals surface area contributed by atoms with E-state index < -0.39 is 17.8 Å². The molecule has 0 heterocycles. The minimum atomic E-state index is -2.56. The molecule has 0 aliphatic heterocycles. The number of hydrogen-bond acceptors (Lipinski definition) is 1. The third-order valence-electron chi connectivity index (χ3n) is 3.40. The maximum atomic E-state index is 12.6. The third kappa shape index (κ3) is 1.97. The van der Waals surface area contributed by atoms with Crippen LogP contribution in [0.5, 0.6) is 0 Å². The maximum absolute atomic E-state index is 12.6. The van der Waals surface area contributed by atoms with E-state index in [0.29, 0.717) is 18.4 Å². The second kappa shape index (κ2) is 4.37. The van der Waals surface area contributed by atoms with Crippen molar-refractivity contribution in [2.45, 2.75) is 31.1 Å². The monoisotopic (exact) mass is 304 g/mol. The summed E-state index contributed by atoms with van der Waals surface area (Å²) in [6.45, 7) is 0. The predicted octanol–water partition coefficient (Wildman–Crippen LogP) is 3.89. The smallest absolute Gasteiger partial charge is 0.314 e. The van der Waals surface area contributed by atoms with Crippen LogP contribution in [0, 0.1) is 0 Å². The van der Waals surface area contributed by atoms with E-state index in [1.54, 1.807) is 0 Å². The fourth-order valence-electron chi connectivity index (χ4n) is 2.16. The van der Waals surface area contributed by atoms with Gasteiger partial charge in [-0.25, -0.2) is 8.78 Å². The number of benzene rings is 1. The molecule has 0 radical (unpaired) electrons. The predicted molar refractivity (Wildman–Crippen MR) is 62.3 cm³/mol. The highest BCUT2D eigenvalue weighted by molar-refractivity contribution is 9.10.